The molecule has 3 aromatic rings. The van der Waals surface area contributed by atoms with Crippen molar-refractivity contribution in [1.82, 2.24) is 0 Å². The van der Waals surface area contributed by atoms with Crippen LogP contribution in [0.5, 0.6) is 5.75 Å². The minimum atomic E-state index is -0.227. The van der Waals surface area contributed by atoms with Crippen molar-refractivity contribution in [2.75, 3.05) is 12.1 Å². The average Bonchev–Trinajstić information content (AvgIpc) is 3.15. The molecule has 1 atom stereocenters. The molecule has 0 aliphatic carbocycles. The molecule has 3 aromatic carbocycles. The highest BCUT2D eigenvalue weighted by atomic mass is 19.1. The van der Waals surface area contributed by atoms with Crippen LogP contribution in [0.15, 0.2) is 84.0 Å². The number of para-hydroxylation sites is 1. The van der Waals surface area contributed by atoms with Gasteiger partial charge in [-0.3, -0.25) is 5.01 Å². The Labute approximate surface area is 152 Å². The molecule has 4 heteroatoms. The van der Waals surface area contributed by atoms with Crippen LogP contribution >= 0.6 is 0 Å². The zero-order valence-electron chi connectivity index (χ0n) is 14.5. The van der Waals surface area contributed by atoms with Crippen LogP contribution in [0.4, 0.5) is 10.1 Å². The summed E-state index contributed by atoms with van der Waals surface area (Å²) in [4.78, 5) is 0. The third kappa shape index (κ3) is 3.18. The number of hydrogen-bond donors (Lipinski definition) is 0. The second-order valence-corrected chi connectivity index (χ2v) is 6.23. The summed E-state index contributed by atoms with van der Waals surface area (Å²) in [6.45, 7) is 0. The highest BCUT2D eigenvalue weighted by Crippen LogP contribution is 2.36. The smallest absolute Gasteiger partial charge is 0.123 e. The fourth-order valence-electron chi connectivity index (χ4n) is 3.23. The summed E-state index contributed by atoms with van der Waals surface area (Å²) in [6.07, 6.45) is 0.757. The van der Waals surface area contributed by atoms with Gasteiger partial charge in [-0.1, -0.05) is 30.3 Å². The Balaban J connectivity index is 1.71. The molecule has 26 heavy (non-hydrogen) atoms. The minimum absolute atomic E-state index is 0.0371. The van der Waals surface area contributed by atoms with E-state index >= 15 is 0 Å². The molecule has 0 saturated heterocycles. The van der Waals surface area contributed by atoms with Crippen molar-refractivity contribution in [2.45, 2.75) is 12.5 Å². The predicted molar refractivity (Wildman–Crippen MR) is 102 cm³/mol. The second-order valence-electron chi connectivity index (χ2n) is 6.23. The highest BCUT2D eigenvalue weighted by molar-refractivity contribution is 6.03. The van der Waals surface area contributed by atoms with Crippen LogP contribution in [0.1, 0.15) is 23.6 Å². The lowest BCUT2D eigenvalue weighted by Crippen LogP contribution is -2.18. The number of halogens is 1. The lowest BCUT2D eigenvalue weighted by Gasteiger charge is -2.23. The van der Waals surface area contributed by atoms with Crippen molar-refractivity contribution < 1.29 is 9.13 Å². The van der Waals surface area contributed by atoms with Crippen molar-refractivity contribution in [3.05, 3.63) is 95.8 Å². The first-order valence-electron chi connectivity index (χ1n) is 8.56. The van der Waals surface area contributed by atoms with Crippen LogP contribution in [0.2, 0.25) is 0 Å². The van der Waals surface area contributed by atoms with E-state index in [4.69, 9.17) is 9.84 Å². The molecule has 130 valence electrons. The molecule has 0 aromatic heterocycles. The van der Waals surface area contributed by atoms with Gasteiger partial charge in [0.05, 0.1) is 24.6 Å². The molecule has 1 unspecified atom stereocenters. The second kappa shape index (κ2) is 7.00. The first-order chi connectivity index (χ1) is 12.7. The largest absolute Gasteiger partial charge is 0.497 e. The number of rotatable bonds is 4. The third-order valence-corrected chi connectivity index (χ3v) is 4.61. The lowest BCUT2D eigenvalue weighted by molar-refractivity contribution is 0.415. The van der Waals surface area contributed by atoms with Gasteiger partial charge in [-0.2, -0.15) is 5.10 Å². The minimum Gasteiger partial charge on any atom is -0.497 e. The molecule has 3 nitrogen and oxygen atoms in total. The summed E-state index contributed by atoms with van der Waals surface area (Å²) in [5, 5.41) is 6.90. The van der Waals surface area contributed by atoms with Crippen LogP contribution in [0.3, 0.4) is 0 Å². The predicted octanol–water partition coefficient (Wildman–Crippen LogP) is 5.19. The Bertz CT molecular complexity index is 905. The fourth-order valence-corrected chi connectivity index (χ4v) is 3.23. The standard InChI is InChI=1S/C22H19FN2O/c1-26-20-13-9-16(10-14-20)21-15-22(17-7-11-18(23)12-8-17)25(24-21)19-5-3-2-4-6-19/h2-14,22H,15H2,1H3. The van der Waals surface area contributed by atoms with Gasteiger partial charge in [-0.15, -0.1) is 0 Å². The van der Waals surface area contributed by atoms with E-state index in [-0.39, 0.29) is 11.9 Å². The van der Waals surface area contributed by atoms with Gasteiger partial charge < -0.3 is 4.74 Å². The molecule has 1 heterocycles. The molecular weight excluding hydrogens is 327 g/mol. The number of methoxy groups -OCH3 is 1. The first-order valence-corrected chi connectivity index (χ1v) is 8.56. The number of anilines is 1. The summed E-state index contributed by atoms with van der Waals surface area (Å²) in [6, 6.07) is 24.7. The number of benzene rings is 3. The van der Waals surface area contributed by atoms with Crippen LogP contribution < -0.4 is 9.75 Å². The van der Waals surface area contributed by atoms with Gasteiger partial charge in [0, 0.05) is 6.42 Å². The van der Waals surface area contributed by atoms with E-state index in [1.54, 1.807) is 7.11 Å². The Morgan fingerprint density at radius 3 is 2.27 bits per heavy atom. The summed E-state index contributed by atoms with van der Waals surface area (Å²) < 4.78 is 18.6. The van der Waals surface area contributed by atoms with Crippen molar-refractivity contribution in [3.63, 3.8) is 0 Å². The number of nitrogens with zero attached hydrogens (tertiary/aromatic N) is 2. The Morgan fingerprint density at radius 2 is 1.62 bits per heavy atom. The van der Waals surface area contributed by atoms with E-state index in [1.807, 2.05) is 71.7 Å². The molecule has 0 radical (unpaired) electrons. The normalized spacial score (nSPS) is 16.5. The Morgan fingerprint density at radius 1 is 0.923 bits per heavy atom. The monoisotopic (exact) mass is 346 g/mol. The molecular formula is C22H19FN2O. The molecule has 4 rings (SSSR count). The van der Waals surface area contributed by atoms with Gasteiger partial charge in [0.2, 0.25) is 0 Å². The maximum Gasteiger partial charge on any atom is 0.123 e. The maximum absolute atomic E-state index is 13.4. The molecule has 0 N–H and O–H groups in total. The zero-order valence-corrected chi connectivity index (χ0v) is 14.5. The third-order valence-electron chi connectivity index (χ3n) is 4.61. The van der Waals surface area contributed by atoms with E-state index in [2.05, 4.69) is 0 Å². The van der Waals surface area contributed by atoms with Crippen LogP contribution in [0, 0.1) is 5.82 Å². The zero-order chi connectivity index (χ0) is 17.9. The van der Waals surface area contributed by atoms with Gasteiger partial charge in [0.1, 0.15) is 11.6 Å². The van der Waals surface area contributed by atoms with Gasteiger partial charge >= 0.3 is 0 Å². The van der Waals surface area contributed by atoms with Gasteiger partial charge in [-0.05, 0) is 59.7 Å². The van der Waals surface area contributed by atoms with Crippen molar-refractivity contribution in [3.8, 4) is 5.75 Å². The lowest BCUT2D eigenvalue weighted by atomic mass is 9.98. The summed E-state index contributed by atoms with van der Waals surface area (Å²) in [5.41, 5.74) is 4.13. The molecule has 0 spiro atoms. The van der Waals surface area contributed by atoms with Gasteiger partial charge in [0.25, 0.3) is 0 Å². The Kier molecular flexibility index (Phi) is 4.40. The van der Waals surface area contributed by atoms with E-state index < -0.39 is 0 Å². The van der Waals surface area contributed by atoms with Crippen molar-refractivity contribution >= 4 is 11.4 Å². The van der Waals surface area contributed by atoms with Crippen LogP contribution in [-0.2, 0) is 0 Å². The van der Waals surface area contributed by atoms with Crippen molar-refractivity contribution in [1.29, 1.82) is 0 Å². The van der Waals surface area contributed by atoms with Gasteiger partial charge in [0.15, 0.2) is 0 Å². The van der Waals surface area contributed by atoms with E-state index in [0.717, 1.165) is 34.7 Å². The number of hydrogen-bond acceptors (Lipinski definition) is 3. The maximum atomic E-state index is 13.4. The highest BCUT2D eigenvalue weighted by Gasteiger charge is 2.29. The molecule has 0 bridgehead atoms. The van der Waals surface area contributed by atoms with E-state index in [0.29, 0.717) is 0 Å². The fraction of sp³-hybridized carbons (Fsp3) is 0.136. The average molecular weight is 346 g/mol. The SMILES string of the molecule is COc1ccc(C2=NN(c3ccccc3)C(c3ccc(F)cc3)C2)cc1. The van der Waals surface area contributed by atoms with Crippen molar-refractivity contribution in [2.24, 2.45) is 5.10 Å². The van der Waals surface area contributed by atoms with Crippen LogP contribution in [0.25, 0.3) is 0 Å². The Hall–Kier alpha value is -3.14. The molecule has 0 saturated carbocycles. The summed E-state index contributed by atoms with van der Waals surface area (Å²) in [5.74, 6) is 0.594. The quantitative estimate of drug-likeness (QED) is 0.649. The molecule has 1 aliphatic rings. The first kappa shape index (κ1) is 16.3. The molecule has 1 aliphatic heterocycles. The number of ether oxygens (including phenoxy) is 1. The van der Waals surface area contributed by atoms with E-state index in [1.165, 1.54) is 12.1 Å². The number of hydrazone groups is 1. The van der Waals surface area contributed by atoms with E-state index in [9.17, 15) is 4.39 Å². The topological polar surface area (TPSA) is 24.8 Å². The molecule has 0 fully saturated rings. The summed E-state index contributed by atoms with van der Waals surface area (Å²) in [7, 11) is 1.66. The summed E-state index contributed by atoms with van der Waals surface area (Å²) >= 11 is 0. The van der Waals surface area contributed by atoms with Gasteiger partial charge in [-0.25, -0.2) is 4.39 Å². The molecule has 0 amide bonds. The van der Waals surface area contributed by atoms with Crippen LogP contribution in [-0.4, -0.2) is 12.8 Å².